The molecule has 6 atom stereocenters. The van der Waals surface area contributed by atoms with Crippen LogP contribution in [0.5, 0.6) is 11.5 Å². The van der Waals surface area contributed by atoms with Crippen LogP contribution in [0.25, 0.3) is 0 Å². The van der Waals surface area contributed by atoms with E-state index in [1.807, 2.05) is 30.3 Å². The van der Waals surface area contributed by atoms with E-state index in [-0.39, 0.29) is 57.6 Å². The Morgan fingerprint density at radius 1 is 0.667 bits per heavy atom. The van der Waals surface area contributed by atoms with Crippen molar-refractivity contribution in [2.24, 2.45) is 17.8 Å². The van der Waals surface area contributed by atoms with E-state index in [2.05, 4.69) is 0 Å². The molecule has 6 unspecified atom stereocenters. The Morgan fingerprint density at radius 3 is 1.83 bits per heavy atom. The molecule has 4 saturated carbocycles. The van der Waals surface area contributed by atoms with Crippen LogP contribution in [-0.4, -0.2) is 56.0 Å². The van der Waals surface area contributed by atoms with Crippen molar-refractivity contribution < 1.29 is 49.1 Å². The molecular weight excluding hydrogens is 544 g/mol. The van der Waals surface area contributed by atoms with Crippen LogP contribution in [0.4, 0.5) is 0 Å². The molecule has 0 heterocycles. The van der Waals surface area contributed by atoms with E-state index in [0.29, 0.717) is 12.3 Å². The second-order valence-corrected chi connectivity index (χ2v) is 11.4. The zero-order valence-electron chi connectivity index (χ0n) is 22.3. The Labute approximate surface area is 240 Å². The minimum Gasteiger partial charge on any atom is -0.490 e. The second-order valence-electron chi connectivity index (χ2n) is 11.4. The molecule has 3 aromatic carbocycles. The van der Waals surface area contributed by atoms with E-state index in [0.717, 1.165) is 24.8 Å². The number of hydrogen-bond donors (Lipinski definition) is 4. The summed E-state index contributed by atoms with van der Waals surface area (Å²) in [5.41, 5.74) is -0.990. The Morgan fingerprint density at radius 2 is 1.24 bits per heavy atom. The molecule has 4 N–H and O–H groups in total. The Balaban J connectivity index is 1.38. The fraction of sp³-hybridized carbons (Fsp3) is 0.312. The highest BCUT2D eigenvalue weighted by atomic mass is 16.5. The molecule has 4 aliphatic carbocycles. The summed E-state index contributed by atoms with van der Waals surface area (Å²) in [6.07, 6.45) is 2.77. The van der Waals surface area contributed by atoms with Crippen molar-refractivity contribution in [2.45, 2.75) is 43.3 Å². The van der Waals surface area contributed by atoms with Crippen molar-refractivity contribution in [1.29, 1.82) is 0 Å². The largest absolute Gasteiger partial charge is 0.490 e. The summed E-state index contributed by atoms with van der Waals surface area (Å²) >= 11 is 0. The Hall–Kier alpha value is -4.86. The van der Waals surface area contributed by atoms with Crippen molar-refractivity contribution in [1.82, 2.24) is 0 Å². The molecule has 10 heteroatoms. The lowest BCUT2D eigenvalue weighted by Crippen LogP contribution is -2.65. The maximum absolute atomic E-state index is 11.9. The molecule has 0 radical (unpaired) electrons. The van der Waals surface area contributed by atoms with Gasteiger partial charge in [-0.2, -0.15) is 0 Å². The van der Waals surface area contributed by atoms with E-state index in [1.165, 1.54) is 36.4 Å². The lowest BCUT2D eigenvalue weighted by molar-refractivity contribution is -0.172. The van der Waals surface area contributed by atoms with Crippen LogP contribution in [0.2, 0.25) is 0 Å². The van der Waals surface area contributed by atoms with Gasteiger partial charge < -0.3 is 29.9 Å². The zero-order chi connectivity index (χ0) is 29.8. The van der Waals surface area contributed by atoms with Crippen molar-refractivity contribution in [3.05, 3.63) is 94.5 Å². The summed E-state index contributed by atoms with van der Waals surface area (Å²) in [6.45, 7) is 0. The summed E-state index contributed by atoms with van der Waals surface area (Å²) in [7, 11) is 0. The first-order valence-corrected chi connectivity index (χ1v) is 13.7. The molecule has 4 aliphatic rings. The molecule has 0 spiro atoms. The smallest absolute Gasteiger partial charge is 0.336 e. The van der Waals surface area contributed by atoms with Gasteiger partial charge in [-0.05, 0) is 73.6 Å². The molecule has 0 saturated heterocycles. The van der Waals surface area contributed by atoms with Gasteiger partial charge in [-0.3, -0.25) is 0 Å². The van der Waals surface area contributed by atoms with Crippen LogP contribution in [0.3, 0.4) is 0 Å². The molecule has 0 aromatic heterocycles. The summed E-state index contributed by atoms with van der Waals surface area (Å²) in [6, 6.07) is 17.9. The molecule has 10 nitrogen and oxygen atoms in total. The first-order valence-electron chi connectivity index (χ1n) is 13.7. The highest BCUT2D eigenvalue weighted by Gasteiger charge is 2.63. The molecule has 4 fully saturated rings. The van der Waals surface area contributed by atoms with Crippen LogP contribution in [-0.2, 0) is 0 Å². The number of rotatable bonds is 9. The molecule has 3 aromatic rings. The molecule has 4 bridgehead atoms. The third kappa shape index (κ3) is 4.62. The third-order valence-electron chi connectivity index (χ3n) is 9.02. The number of aromatic carboxylic acids is 4. The Kier molecular flexibility index (Phi) is 6.64. The van der Waals surface area contributed by atoms with Crippen molar-refractivity contribution in [3.8, 4) is 11.5 Å². The molecule has 42 heavy (non-hydrogen) atoms. The lowest BCUT2D eigenvalue weighted by atomic mass is 9.47. The second kappa shape index (κ2) is 10.2. The number of carboxylic acid groups (broad SMARTS) is 4. The number of carbonyl (C=O) groups is 4. The van der Waals surface area contributed by atoms with E-state index in [1.54, 1.807) is 0 Å². The first-order chi connectivity index (χ1) is 20.1. The SMILES string of the molecule is O=C(O)c1ccc(OC2C3CC4CC2C(c2ccccc2)C(Oc2ccc(C(=O)O)c(C(=O)O)c2)(C4)C3)cc1C(=O)O. The van der Waals surface area contributed by atoms with E-state index in [9.17, 15) is 39.6 Å². The monoisotopic (exact) mass is 572 g/mol. The average molecular weight is 573 g/mol. The number of ether oxygens (including phenoxy) is 2. The van der Waals surface area contributed by atoms with Gasteiger partial charge in [-0.15, -0.1) is 0 Å². The van der Waals surface area contributed by atoms with Crippen molar-refractivity contribution in [3.63, 3.8) is 0 Å². The average Bonchev–Trinajstić information content (AvgIpc) is 2.94. The van der Waals surface area contributed by atoms with Crippen LogP contribution < -0.4 is 9.47 Å². The van der Waals surface area contributed by atoms with Gasteiger partial charge >= 0.3 is 23.9 Å². The van der Waals surface area contributed by atoms with Gasteiger partial charge in [0.1, 0.15) is 23.2 Å². The minimum atomic E-state index is -1.36. The lowest BCUT2D eigenvalue weighted by Gasteiger charge is -2.63. The van der Waals surface area contributed by atoms with Gasteiger partial charge in [-0.25, -0.2) is 19.2 Å². The summed E-state index contributed by atoms with van der Waals surface area (Å²) in [5.74, 6) is -4.61. The van der Waals surface area contributed by atoms with Crippen LogP contribution in [0.1, 0.15) is 78.6 Å². The van der Waals surface area contributed by atoms with E-state index in [4.69, 9.17) is 9.47 Å². The fourth-order valence-corrected chi connectivity index (χ4v) is 7.72. The van der Waals surface area contributed by atoms with Crippen LogP contribution in [0, 0.1) is 17.8 Å². The third-order valence-corrected chi connectivity index (χ3v) is 9.02. The number of hydrogen-bond acceptors (Lipinski definition) is 6. The minimum absolute atomic E-state index is 0.0247. The first kappa shape index (κ1) is 27.3. The molecule has 216 valence electrons. The normalized spacial score (nSPS) is 27.3. The standard InChI is InChI=1S/C32H28O10/c33-28(34)21-8-6-19(12-23(21)30(37)38)41-27-18-10-16-11-25(27)26(17-4-2-1-3-5-17)32(14-16,15-18)42-20-7-9-22(29(35)36)24(13-20)31(39)40/h1-9,12-13,16,18,25-27H,10-11,14-15H2,(H,33,34)(H,35,36)(H,37,38)(H,39,40). The van der Waals surface area contributed by atoms with E-state index < -0.39 is 29.5 Å². The molecular formula is C32H28O10. The van der Waals surface area contributed by atoms with Gasteiger partial charge in [0, 0.05) is 17.8 Å². The Bertz CT molecular complexity index is 1600. The molecule has 7 rings (SSSR count). The van der Waals surface area contributed by atoms with Gasteiger partial charge in [-0.1, -0.05) is 30.3 Å². The quantitative estimate of drug-likeness (QED) is 0.265. The summed E-state index contributed by atoms with van der Waals surface area (Å²) in [4.78, 5) is 46.8. The van der Waals surface area contributed by atoms with Gasteiger partial charge in [0.25, 0.3) is 0 Å². The molecule has 0 amide bonds. The maximum Gasteiger partial charge on any atom is 0.336 e. The maximum atomic E-state index is 11.9. The molecule has 0 aliphatic heterocycles. The van der Waals surface area contributed by atoms with Crippen LogP contribution >= 0.6 is 0 Å². The predicted octanol–water partition coefficient (Wildman–Crippen LogP) is 5.28. The summed E-state index contributed by atoms with van der Waals surface area (Å²) in [5, 5.41) is 38.1. The highest BCUT2D eigenvalue weighted by Crippen LogP contribution is 2.63. The predicted molar refractivity (Wildman–Crippen MR) is 147 cm³/mol. The highest BCUT2D eigenvalue weighted by molar-refractivity contribution is 6.02. The summed E-state index contributed by atoms with van der Waals surface area (Å²) < 4.78 is 13.2. The van der Waals surface area contributed by atoms with Gasteiger partial charge in [0.2, 0.25) is 0 Å². The van der Waals surface area contributed by atoms with Crippen LogP contribution in [0.15, 0.2) is 66.7 Å². The zero-order valence-corrected chi connectivity index (χ0v) is 22.3. The fourth-order valence-electron chi connectivity index (χ4n) is 7.72. The number of carboxylic acids is 4. The van der Waals surface area contributed by atoms with E-state index >= 15 is 0 Å². The van der Waals surface area contributed by atoms with Gasteiger partial charge in [0.15, 0.2) is 0 Å². The van der Waals surface area contributed by atoms with Crippen molar-refractivity contribution >= 4 is 23.9 Å². The van der Waals surface area contributed by atoms with Crippen molar-refractivity contribution in [2.75, 3.05) is 0 Å². The number of benzene rings is 3. The topological polar surface area (TPSA) is 168 Å². The van der Waals surface area contributed by atoms with Gasteiger partial charge in [0.05, 0.1) is 22.3 Å².